The summed E-state index contributed by atoms with van der Waals surface area (Å²) < 4.78 is 10.7. The van der Waals surface area contributed by atoms with Gasteiger partial charge in [-0.1, -0.05) is 17.7 Å². The molecule has 1 aromatic rings. The fourth-order valence-corrected chi connectivity index (χ4v) is 2.96. The molecular formula is C17H26N2O3. The number of carbonyl (C=O) groups excluding carboxylic acids is 1. The van der Waals surface area contributed by atoms with Gasteiger partial charge in [-0.05, 0) is 37.5 Å². The Morgan fingerprint density at radius 3 is 2.68 bits per heavy atom. The van der Waals surface area contributed by atoms with Gasteiger partial charge in [0, 0.05) is 20.2 Å². The van der Waals surface area contributed by atoms with Crippen LogP contribution in [0.4, 0.5) is 4.79 Å². The standard InChI is InChI=1S/C17H26N2O3/c1-12-7-13(2)16(14(3)8-12)9-18-17(20)19-5-6-22-15(10-19)11-21-4/h7-8,15H,5-6,9-11H2,1-4H3,(H,18,20)/t15-/m1/s1. The minimum absolute atomic E-state index is 0.0349. The Kier molecular flexibility index (Phi) is 5.80. The third-order valence-corrected chi connectivity index (χ3v) is 4.04. The van der Waals surface area contributed by atoms with E-state index in [1.807, 2.05) is 0 Å². The first-order chi connectivity index (χ1) is 10.5. The minimum Gasteiger partial charge on any atom is -0.382 e. The Labute approximate surface area is 132 Å². The summed E-state index contributed by atoms with van der Waals surface area (Å²) in [6.07, 6.45) is -0.0349. The molecule has 1 N–H and O–H groups in total. The fraction of sp³-hybridized carbons (Fsp3) is 0.588. The smallest absolute Gasteiger partial charge is 0.317 e. The summed E-state index contributed by atoms with van der Waals surface area (Å²) in [6, 6.07) is 4.26. The molecule has 2 amide bonds. The van der Waals surface area contributed by atoms with Crippen LogP contribution in [0.2, 0.25) is 0 Å². The van der Waals surface area contributed by atoms with Crippen molar-refractivity contribution >= 4 is 6.03 Å². The van der Waals surface area contributed by atoms with E-state index in [0.717, 1.165) is 0 Å². The largest absolute Gasteiger partial charge is 0.382 e. The van der Waals surface area contributed by atoms with Crippen molar-refractivity contribution in [3.05, 3.63) is 34.4 Å². The highest BCUT2D eigenvalue weighted by Gasteiger charge is 2.24. The van der Waals surface area contributed by atoms with Crippen molar-refractivity contribution in [3.8, 4) is 0 Å². The molecule has 22 heavy (non-hydrogen) atoms. The van der Waals surface area contributed by atoms with Crippen molar-refractivity contribution in [2.75, 3.05) is 33.4 Å². The zero-order valence-corrected chi connectivity index (χ0v) is 13.9. The first kappa shape index (κ1) is 16.8. The van der Waals surface area contributed by atoms with Crippen LogP contribution in [0.15, 0.2) is 12.1 Å². The molecule has 5 nitrogen and oxygen atoms in total. The number of morpholine rings is 1. The van der Waals surface area contributed by atoms with Crippen LogP contribution in [0.25, 0.3) is 0 Å². The van der Waals surface area contributed by atoms with Crippen LogP contribution in [0.1, 0.15) is 22.3 Å². The predicted molar refractivity (Wildman–Crippen MR) is 86.1 cm³/mol. The monoisotopic (exact) mass is 306 g/mol. The van der Waals surface area contributed by atoms with E-state index in [-0.39, 0.29) is 12.1 Å². The summed E-state index contributed by atoms with van der Waals surface area (Å²) in [5, 5.41) is 3.02. The van der Waals surface area contributed by atoms with Gasteiger partial charge < -0.3 is 19.7 Å². The summed E-state index contributed by atoms with van der Waals surface area (Å²) in [4.78, 5) is 14.1. The number of urea groups is 1. The predicted octanol–water partition coefficient (Wildman–Crippen LogP) is 2.17. The lowest BCUT2D eigenvalue weighted by atomic mass is 10.00. The summed E-state index contributed by atoms with van der Waals surface area (Å²) in [5.41, 5.74) is 4.88. The maximum atomic E-state index is 12.3. The maximum Gasteiger partial charge on any atom is 0.317 e. The number of nitrogens with one attached hydrogen (secondary N) is 1. The second-order valence-corrected chi connectivity index (χ2v) is 5.93. The van der Waals surface area contributed by atoms with Crippen LogP contribution in [-0.2, 0) is 16.0 Å². The number of aryl methyl sites for hydroxylation is 3. The molecule has 5 heteroatoms. The molecule has 0 spiro atoms. The fourth-order valence-electron chi connectivity index (χ4n) is 2.96. The number of carbonyl (C=O) groups is 1. The van der Waals surface area contributed by atoms with Crippen LogP contribution in [-0.4, -0.2) is 50.4 Å². The van der Waals surface area contributed by atoms with Crippen molar-refractivity contribution in [2.45, 2.75) is 33.4 Å². The van der Waals surface area contributed by atoms with Crippen LogP contribution in [0.5, 0.6) is 0 Å². The first-order valence-electron chi connectivity index (χ1n) is 7.71. The zero-order chi connectivity index (χ0) is 16.1. The Morgan fingerprint density at radius 2 is 2.05 bits per heavy atom. The van der Waals surface area contributed by atoms with E-state index >= 15 is 0 Å². The molecule has 1 fully saturated rings. The molecular weight excluding hydrogens is 280 g/mol. The number of ether oxygens (including phenoxy) is 2. The average Bonchev–Trinajstić information content (AvgIpc) is 2.46. The maximum absolute atomic E-state index is 12.3. The second kappa shape index (κ2) is 7.61. The molecule has 0 aromatic heterocycles. The topological polar surface area (TPSA) is 50.8 Å². The molecule has 0 radical (unpaired) electrons. The lowest BCUT2D eigenvalue weighted by Gasteiger charge is -2.32. The molecule has 0 bridgehead atoms. The third-order valence-electron chi connectivity index (χ3n) is 4.04. The molecule has 1 heterocycles. The van der Waals surface area contributed by atoms with Crippen molar-refractivity contribution in [1.82, 2.24) is 10.2 Å². The summed E-state index contributed by atoms with van der Waals surface area (Å²) >= 11 is 0. The van der Waals surface area contributed by atoms with Gasteiger partial charge in [-0.3, -0.25) is 0 Å². The van der Waals surface area contributed by atoms with E-state index in [2.05, 4.69) is 38.2 Å². The SMILES string of the molecule is COC[C@H]1CN(C(=O)NCc2c(C)cc(C)cc2C)CCO1. The van der Waals surface area contributed by atoms with Crippen LogP contribution in [0, 0.1) is 20.8 Å². The molecule has 1 aliphatic rings. The molecule has 1 aliphatic heterocycles. The van der Waals surface area contributed by atoms with Crippen molar-refractivity contribution in [3.63, 3.8) is 0 Å². The number of hydrogen-bond donors (Lipinski definition) is 1. The van der Waals surface area contributed by atoms with Crippen molar-refractivity contribution in [2.24, 2.45) is 0 Å². The Bertz CT molecular complexity index is 506. The van der Waals surface area contributed by atoms with Gasteiger partial charge in [0.25, 0.3) is 0 Å². The molecule has 0 unspecified atom stereocenters. The van der Waals surface area contributed by atoms with Crippen molar-refractivity contribution < 1.29 is 14.3 Å². The molecule has 0 saturated carbocycles. The van der Waals surface area contributed by atoms with Gasteiger partial charge in [-0.25, -0.2) is 4.79 Å². The van der Waals surface area contributed by atoms with Crippen LogP contribution >= 0.6 is 0 Å². The highest BCUT2D eigenvalue weighted by atomic mass is 16.5. The molecule has 1 saturated heterocycles. The lowest BCUT2D eigenvalue weighted by Crippen LogP contribution is -2.50. The first-order valence-corrected chi connectivity index (χ1v) is 7.71. The Hall–Kier alpha value is -1.59. The van der Waals surface area contributed by atoms with E-state index in [1.54, 1.807) is 12.0 Å². The van der Waals surface area contributed by atoms with Crippen LogP contribution in [0.3, 0.4) is 0 Å². The van der Waals surface area contributed by atoms with E-state index in [4.69, 9.17) is 9.47 Å². The van der Waals surface area contributed by atoms with Crippen molar-refractivity contribution in [1.29, 1.82) is 0 Å². The van der Waals surface area contributed by atoms with Crippen LogP contribution < -0.4 is 5.32 Å². The average molecular weight is 306 g/mol. The quantitative estimate of drug-likeness (QED) is 0.927. The number of hydrogen-bond acceptors (Lipinski definition) is 3. The highest BCUT2D eigenvalue weighted by molar-refractivity contribution is 5.74. The van der Waals surface area contributed by atoms with Gasteiger partial charge >= 0.3 is 6.03 Å². The van der Waals surface area contributed by atoms with Gasteiger partial charge in [-0.15, -0.1) is 0 Å². The van der Waals surface area contributed by atoms with E-state index in [0.29, 0.717) is 32.8 Å². The summed E-state index contributed by atoms with van der Waals surface area (Å²) in [6.45, 7) is 9.10. The van der Waals surface area contributed by atoms with E-state index in [1.165, 1.54) is 22.3 Å². The lowest BCUT2D eigenvalue weighted by molar-refractivity contribution is -0.0494. The van der Waals surface area contributed by atoms with Gasteiger partial charge in [-0.2, -0.15) is 0 Å². The number of nitrogens with zero attached hydrogens (tertiary/aromatic N) is 1. The number of rotatable bonds is 4. The Morgan fingerprint density at radius 1 is 1.36 bits per heavy atom. The molecule has 122 valence electrons. The van der Waals surface area contributed by atoms with E-state index < -0.39 is 0 Å². The zero-order valence-electron chi connectivity index (χ0n) is 13.9. The van der Waals surface area contributed by atoms with Gasteiger partial charge in [0.1, 0.15) is 0 Å². The van der Waals surface area contributed by atoms with Gasteiger partial charge in [0.15, 0.2) is 0 Å². The summed E-state index contributed by atoms with van der Waals surface area (Å²) in [5.74, 6) is 0. The number of benzene rings is 1. The molecule has 0 aliphatic carbocycles. The molecule has 2 rings (SSSR count). The normalized spacial score (nSPS) is 18.4. The highest BCUT2D eigenvalue weighted by Crippen LogP contribution is 2.16. The van der Waals surface area contributed by atoms with Gasteiger partial charge in [0.05, 0.1) is 25.9 Å². The Balaban J connectivity index is 1.93. The summed E-state index contributed by atoms with van der Waals surface area (Å²) in [7, 11) is 1.64. The molecule has 1 aromatic carbocycles. The number of methoxy groups -OCH3 is 1. The minimum atomic E-state index is -0.0382. The third kappa shape index (κ3) is 4.21. The number of amides is 2. The van der Waals surface area contributed by atoms with Gasteiger partial charge in [0.2, 0.25) is 0 Å². The second-order valence-electron chi connectivity index (χ2n) is 5.93. The molecule has 1 atom stereocenters. The van der Waals surface area contributed by atoms with E-state index in [9.17, 15) is 4.79 Å².